The highest BCUT2D eigenvalue weighted by Gasteiger charge is 2.23. The van der Waals surface area contributed by atoms with Crippen molar-refractivity contribution in [1.29, 1.82) is 0 Å². The summed E-state index contributed by atoms with van der Waals surface area (Å²) in [5.41, 5.74) is 1.42. The van der Waals surface area contributed by atoms with Crippen LogP contribution in [0.3, 0.4) is 0 Å². The van der Waals surface area contributed by atoms with Crippen molar-refractivity contribution >= 4 is 0 Å². The summed E-state index contributed by atoms with van der Waals surface area (Å²) in [4.78, 5) is 3.18. The number of nitrogens with zero attached hydrogens (tertiary/aromatic N) is 1. The Morgan fingerprint density at radius 3 is 1.76 bits per heavy atom. The fourth-order valence-electron chi connectivity index (χ4n) is 2.15. The zero-order valence-electron chi connectivity index (χ0n) is 13.1. The number of pyridine rings is 1. The molecular weight excluding hydrogens is 331 g/mol. The van der Waals surface area contributed by atoms with Crippen LogP contribution in [0.2, 0.25) is 0 Å². The second-order valence-corrected chi connectivity index (χ2v) is 5.21. The highest BCUT2D eigenvalue weighted by Crippen LogP contribution is 2.30. The maximum atomic E-state index is 14.4. The molecule has 3 nitrogen and oxygen atoms in total. The van der Waals surface area contributed by atoms with Crippen LogP contribution in [0.15, 0.2) is 60.7 Å². The fraction of sp³-hybridized carbons (Fsp3) is 0.105. The van der Waals surface area contributed by atoms with E-state index in [-0.39, 0.29) is 13.2 Å². The molecule has 0 atom stereocenters. The first kappa shape index (κ1) is 16.8. The van der Waals surface area contributed by atoms with Gasteiger partial charge in [0.25, 0.3) is 11.8 Å². The summed E-state index contributed by atoms with van der Waals surface area (Å²) in [5.74, 6) is -5.64. The van der Waals surface area contributed by atoms with Gasteiger partial charge in [-0.15, -0.1) is 0 Å². The predicted molar refractivity (Wildman–Crippen MR) is 85.7 cm³/mol. The number of rotatable bonds is 6. The number of hydrogen-bond donors (Lipinski definition) is 0. The van der Waals surface area contributed by atoms with Crippen LogP contribution in [0.5, 0.6) is 11.6 Å². The summed E-state index contributed by atoms with van der Waals surface area (Å²) in [6, 6.07) is 17.6. The Labute approximate surface area is 142 Å². The molecule has 1 aromatic heterocycles. The molecule has 0 amide bonds. The first-order valence-corrected chi connectivity index (χ1v) is 7.53. The number of benzene rings is 2. The van der Waals surface area contributed by atoms with E-state index in [0.29, 0.717) is 5.56 Å². The maximum absolute atomic E-state index is 14.4. The van der Waals surface area contributed by atoms with Gasteiger partial charge in [0.2, 0.25) is 17.4 Å². The first-order valence-electron chi connectivity index (χ1n) is 7.53. The van der Waals surface area contributed by atoms with Crippen molar-refractivity contribution in [2.24, 2.45) is 0 Å². The molecule has 0 saturated heterocycles. The Morgan fingerprint density at radius 2 is 1.20 bits per heavy atom. The van der Waals surface area contributed by atoms with Crippen LogP contribution in [0, 0.1) is 17.6 Å². The average Bonchev–Trinajstić information content (AvgIpc) is 2.65. The lowest BCUT2D eigenvalue weighted by Crippen LogP contribution is -2.07. The molecule has 0 aliphatic carbocycles. The molecule has 0 fully saturated rings. The molecule has 0 spiro atoms. The zero-order chi connectivity index (χ0) is 17.6. The van der Waals surface area contributed by atoms with E-state index >= 15 is 0 Å². The standard InChI is InChI=1S/C19H14F3NO2/c20-15-17(24-11-13-7-3-1-4-8-13)16(21)19(23-18(15)22)25-12-14-9-5-2-6-10-14/h1-10H,11-12H2. The minimum atomic E-state index is -1.49. The molecule has 2 aromatic carbocycles. The summed E-state index contributed by atoms with van der Waals surface area (Å²) in [6.45, 7) is -0.149. The number of hydrogen-bond acceptors (Lipinski definition) is 3. The second kappa shape index (κ2) is 7.70. The number of aromatic nitrogens is 1. The van der Waals surface area contributed by atoms with Gasteiger partial charge in [0.15, 0.2) is 0 Å². The van der Waals surface area contributed by atoms with E-state index in [0.717, 1.165) is 5.56 Å². The Bertz CT molecular complexity index is 842. The van der Waals surface area contributed by atoms with Crippen LogP contribution in [-0.4, -0.2) is 4.98 Å². The Hall–Kier alpha value is -3.02. The molecule has 0 bridgehead atoms. The third kappa shape index (κ3) is 4.09. The molecule has 6 heteroatoms. The smallest absolute Gasteiger partial charge is 0.257 e. The summed E-state index contributed by atoms with van der Waals surface area (Å²) in [6.07, 6.45) is 0. The van der Waals surface area contributed by atoms with E-state index in [2.05, 4.69) is 4.98 Å². The lowest BCUT2D eigenvalue weighted by Gasteiger charge is -2.12. The van der Waals surface area contributed by atoms with Crippen LogP contribution in [0.4, 0.5) is 13.2 Å². The molecular formula is C19H14F3NO2. The minimum Gasteiger partial charge on any atom is -0.483 e. The van der Waals surface area contributed by atoms with Crippen LogP contribution in [-0.2, 0) is 13.2 Å². The lowest BCUT2D eigenvalue weighted by molar-refractivity contribution is 0.233. The van der Waals surface area contributed by atoms with Crippen LogP contribution in [0.1, 0.15) is 11.1 Å². The first-order chi connectivity index (χ1) is 12.1. The lowest BCUT2D eigenvalue weighted by atomic mass is 10.2. The largest absolute Gasteiger partial charge is 0.483 e. The van der Waals surface area contributed by atoms with E-state index in [1.165, 1.54) is 0 Å². The van der Waals surface area contributed by atoms with E-state index in [1.807, 2.05) is 6.07 Å². The topological polar surface area (TPSA) is 31.4 Å². The fourth-order valence-corrected chi connectivity index (χ4v) is 2.15. The molecule has 128 valence electrons. The third-order valence-electron chi connectivity index (χ3n) is 3.41. The van der Waals surface area contributed by atoms with Gasteiger partial charge in [0, 0.05) is 0 Å². The van der Waals surface area contributed by atoms with Crippen molar-refractivity contribution in [1.82, 2.24) is 4.98 Å². The van der Waals surface area contributed by atoms with Gasteiger partial charge in [-0.1, -0.05) is 60.7 Å². The van der Waals surface area contributed by atoms with Gasteiger partial charge in [0.05, 0.1) is 0 Å². The van der Waals surface area contributed by atoms with Crippen molar-refractivity contribution in [3.05, 3.63) is 89.4 Å². The molecule has 0 aliphatic rings. The van der Waals surface area contributed by atoms with E-state index < -0.39 is 29.2 Å². The molecule has 0 unspecified atom stereocenters. The molecule has 3 rings (SSSR count). The monoisotopic (exact) mass is 345 g/mol. The quantitative estimate of drug-likeness (QED) is 0.609. The van der Waals surface area contributed by atoms with Gasteiger partial charge >= 0.3 is 0 Å². The molecule has 0 N–H and O–H groups in total. The van der Waals surface area contributed by atoms with E-state index in [4.69, 9.17) is 9.47 Å². The van der Waals surface area contributed by atoms with Crippen LogP contribution < -0.4 is 9.47 Å². The number of halogens is 3. The van der Waals surface area contributed by atoms with Gasteiger partial charge in [-0.3, -0.25) is 0 Å². The van der Waals surface area contributed by atoms with Crippen LogP contribution >= 0.6 is 0 Å². The van der Waals surface area contributed by atoms with Gasteiger partial charge < -0.3 is 9.47 Å². The van der Waals surface area contributed by atoms with E-state index in [9.17, 15) is 13.2 Å². The Morgan fingerprint density at radius 1 is 0.680 bits per heavy atom. The number of ether oxygens (including phenoxy) is 2. The van der Waals surface area contributed by atoms with Crippen LogP contribution in [0.25, 0.3) is 0 Å². The molecule has 25 heavy (non-hydrogen) atoms. The molecule has 1 heterocycles. The molecule has 0 radical (unpaired) electrons. The summed E-state index contributed by atoms with van der Waals surface area (Å²) in [7, 11) is 0. The Balaban J connectivity index is 1.79. The molecule has 3 aromatic rings. The van der Waals surface area contributed by atoms with E-state index in [1.54, 1.807) is 54.6 Å². The SMILES string of the molecule is Fc1nc(OCc2ccccc2)c(F)c(OCc2ccccc2)c1F. The van der Waals surface area contributed by atoms with Gasteiger partial charge in [-0.25, -0.2) is 0 Å². The van der Waals surface area contributed by atoms with Gasteiger partial charge in [-0.05, 0) is 11.1 Å². The van der Waals surface area contributed by atoms with Crippen molar-refractivity contribution in [3.8, 4) is 11.6 Å². The normalized spacial score (nSPS) is 10.5. The Kier molecular flexibility index (Phi) is 5.18. The van der Waals surface area contributed by atoms with Crippen molar-refractivity contribution in [2.45, 2.75) is 13.2 Å². The van der Waals surface area contributed by atoms with Crippen molar-refractivity contribution in [2.75, 3.05) is 0 Å². The van der Waals surface area contributed by atoms with Crippen molar-refractivity contribution < 1.29 is 22.6 Å². The molecule has 0 aliphatic heterocycles. The van der Waals surface area contributed by atoms with Crippen molar-refractivity contribution in [3.63, 3.8) is 0 Å². The summed E-state index contributed by atoms with van der Waals surface area (Å²) >= 11 is 0. The second-order valence-electron chi connectivity index (χ2n) is 5.21. The van der Waals surface area contributed by atoms with Gasteiger partial charge in [-0.2, -0.15) is 18.2 Å². The molecule has 0 saturated carbocycles. The maximum Gasteiger partial charge on any atom is 0.257 e. The van der Waals surface area contributed by atoms with Gasteiger partial charge in [0.1, 0.15) is 13.2 Å². The zero-order valence-corrected chi connectivity index (χ0v) is 13.1. The third-order valence-corrected chi connectivity index (χ3v) is 3.41. The highest BCUT2D eigenvalue weighted by molar-refractivity contribution is 5.32. The average molecular weight is 345 g/mol. The minimum absolute atomic E-state index is 0.0338. The highest BCUT2D eigenvalue weighted by atomic mass is 19.2. The summed E-state index contributed by atoms with van der Waals surface area (Å²) < 4.78 is 52.2. The predicted octanol–water partition coefficient (Wildman–Crippen LogP) is 4.66. The summed E-state index contributed by atoms with van der Waals surface area (Å²) in [5, 5.41) is 0.